The second-order valence-corrected chi connectivity index (χ2v) is 14.9. The zero-order chi connectivity index (χ0) is 26.8. The second-order valence-electron chi connectivity index (χ2n) is 14.9. The number of hydrogen-bond donors (Lipinski definition) is 3. The minimum absolute atomic E-state index is 0.0407. The van der Waals surface area contributed by atoms with Gasteiger partial charge in [0.25, 0.3) is 0 Å². The largest absolute Gasteiger partial charge is 0.463 e. The van der Waals surface area contributed by atoms with Gasteiger partial charge < -0.3 is 29.5 Å². The van der Waals surface area contributed by atoms with Gasteiger partial charge in [0, 0.05) is 19.3 Å². The molecule has 7 heteroatoms. The van der Waals surface area contributed by atoms with E-state index >= 15 is 0 Å². The van der Waals surface area contributed by atoms with Gasteiger partial charge in [0.05, 0.1) is 18.3 Å². The number of aliphatic hydroxyl groups excluding tert-OH is 2. The van der Waals surface area contributed by atoms with Crippen LogP contribution in [0.5, 0.6) is 0 Å². The van der Waals surface area contributed by atoms with Gasteiger partial charge in [-0.05, 0) is 99.2 Å². The van der Waals surface area contributed by atoms with Crippen LogP contribution in [0.4, 0.5) is 0 Å². The van der Waals surface area contributed by atoms with E-state index in [2.05, 4.69) is 20.8 Å². The van der Waals surface area contributed by atoms with E-state index in [-0.39, 0.29) is 53.4 Å². The van der Waals surface area contributed by atoms with E-state index in [9.17, 15) is 20.1 Å². The Kier molecular flexibility index (Phi) is 5.84. The minimum atomic E-state index is -1.23. The van der Waals surface area contributed by atoms with Crippen LogP contribution in [0.15, 0.2) is 0 Å². The average Bonchev–Trinajstić information content (AvgIpc) is 3.31. The van der Waals surface area contributed by atoms with Crippen LogP contribution in [0.2, 0.25) is 0 Å². The maximum Gasteiger partial charge on any atom is 0.302 e. The van der Waals surface area contributed by atoms with E-state index in [1.165, 1.54) is 6.92 Å². The summed E-state index contributed by atoms with van der Waals surface area (Å²) >= 11 is 0. The first-order valence-electron chi connectivity index (χ1n) is 14.8. The molecule has 0 radical (unpaired) electrons. The van der Waals surface area contributed by atoms with Crippen molar-refractivity contribution in [1.29, 1.82) is 0 Å². The highest BCUT2D eigenvalue weighted by Crippen LogP contribution is 2.72. The standard InChI is InChI=1S/C30H48O7/c1-16-13-30(37-28(16,5)15-35-17(2)31)29(6,34)25-23(36-30)12-21-20-8-7-18-11-19(32)9-10-26(18,3)24(20)22(33)14-27(21,25)4/h16,18-25,32-34H,7-15H2,1-6H3/t16-,18-,19+,20-,21-,22-,23-,24+,25-,26-,27-,28+,29+,30-/m0/s1. The smallest absolute Gasteiger partial charge is 0.302 e. The van der Waals surface area contributed by atoms with E-state index < -0.39 is 23.1 Å². The lowest BCUT2D eigenvalue weighted by atomic mass is 9.43. The molecule has 1 spiro atoms. The first kappa shape index (κ1) is 26.5. The lowest BCUT2D eigenvalue weighted by molar-refractivity contribution is -0.306. The highest BCUT2D eigenvalue weighted by molar-refractivity contribution is 5.66. The van der Waals surface area contributed by atoms with Crippen LogP contribution in [0.3, 0.4) is 0 Å². The molecule has 0 bridgehead atoms. The molecule has 4 saturated carbocycles. The molecule has 7 nitrogen and oxygen atoms in total. The molecule has 6 rings (SSSR count). The fraction of sp³-hybridized carbons (Fsp3) is 0.967. The fourth-order valence-corrected chi connectivity index (χ4v) is 11.0. The quantitative estimate of drug-likeness (QED) is 0.476. The Morgan fingerprint density at radius 1 is 1.03 bits per heavy atom. The Balaban J connectivity index is 1.29. The monoisotopic (exact) mass is 520 g/mol. The van der Waals surface area contributed by atoms with E-state index in [1.54, 1.807) is 0 Å². The maximum atomic E-state index is 12.3. The first-order chi connectivity index (χ1) is 17.2. The summed E-state index contributed by atoms with van der Waals surface area (Å²) in [4.78, 5) is 11.5. The lowest BCUT2D eigenvalue weighted by Gasteiger charge is -2.63. The Bertz CT molecular complexity index is 952. The predicted octanol–water partition coefficient (Wildman–Crippen LogP) is 3.81. The second kappa shape index (κ2) is 8.15. The highest BCUT2D eigenvalue weighted by atomic mass is 16.7. The third kappa shape index (κ3) is 3.46. The molecule has 0 aromatic rings. The van der Waals surface area contributed by atoms with E-state index in [0.717, 1.165) is 38.5 Å². The van der Waals surface area contributed by atoms with E-state index in [4.69, 9.17) is 14.2 Å². The van der Waals surface area contributed by atoms with E-state index in [1.807, 2.05) is 13.8 Å². The fourth-order valence-electron chi connectivity index (χ4n) is 11.0. The van der Waals surface area contributed by atoms with Crippen molar-refractivity contribution in [2.75, 3.05) is 6.61 Å². The Hall–Kier alpha value is -0.730. The SMILES string of the molecule is CC(=O)OC[C@@]1(C)O[C@]2(C[C@@H]1C)O[C@H]1C[C@H]3[C@@H]4CC[C@H]5C[C@H](O)CC[C@]5(C)[C@H]4[C@@H](O)C[C@]3(C)[C@H]1[C@@]2(C)O. The minimum Gasteiger partial charge on any atom is -0.463 e. The van der Waals surface area contributed by atoms with E-state index in [0.29, 0.717) is 30.6 Å². The zero-order valence-corrected chi connectivity index (χ0v) is 23.5. The maximum absolute atomic E-state index is 12.3. The molecule has 210 valence electrons. The van der Waals surface area contributed by atoms with Gasteiger partial charge >= 0.3 is 5.97 Å². The summed E-state index contributed by atoms with van der Waals surface area (Å²) in [5.41, 5.74) is -2.15. The van der Waals surface area contributed by atoms with Gasteiger partial charge in [-0.1, -0.05) is 20.8 Å². The van der Waals surface area contributed by atoms with Crippen molar-refractivity contribution in [2.45, 2.75) is 128 Å². The van der Waals surface area contributed by atoms with Crippen LogP contribution in [-0.4, -0.2) is 63.2 Å². The van der Waals surface area contributed by atoms with Gasteiger partial charge in [-0.25, -0.2) is 0 Å². The van der Waals surface area contributed by atoms with Gasteiger partial charge in [0.1, 0.15) is 17.8 Å². The molecule has 0 unspecified atom stereocenters. The molecule has 0 aromatic carbocycles. The van der Waals surface area contributed by atoms with Crippen molar-refractivity contribution < 1.29 is 34.3 Å². The summed E-state index contributed by atoms with van der Waals surface area (Å²) in [6.45, 7) is 12.1. The number of aliphatic hydroxyl groups is 3. The third-order valence-electron chi connectivity index (χ3n) is 12.9. The molecule has 2 saturated heterocycles. The molecule has 0 aromatic heterocycles. The molecule has 6 aliphatic rings. The molecule has 2 aliphatic heterocycles. The highest BCUT2D eigenvalue weighted by Gasteiger charge is 2.77. The molecule has 4 aliphatic carbocycles. The van der Waals surface area contributed by atoms with Crippen molar-refractivity contribution in [1.82, 2.24) is 0 Å². The van der Waals surface area contributed by atoms with Crippen LogP contribution >= 0.6 is 0 Å². The lowest BCUT2D eigenvalue weighted by Crippen LogP contribution is -2.62. The first-order valence-corrected chi connectivity index (χ1v) is 14.8. The number of carbonyl (C=O) groups is 1. The number of hydrogen-bond acceptors (Lipinski definition) is 7. The number of esters is 1. The van der Waals surface area contributed by atoms with Crippen molar-refractivity contribution in [3.63, 3.8) is 0 Å². The molecule has 37 heavy (non-hydrogen) atoms. The summed E-state index contributed by atoms with van der Waals surface area (Å²) in [7, 11) is 0. The summed E-state index contributed by atoms with van der Waals surface area (Å²) in [5.74, 6) is -0.0742. The van der Waals surface area contributed by atoms with Crippen LogP contribution in [0.1, 0.15) is 92.9 Å². The third-order valence-corrected chi connectivity index (χ3v) is 12.9. The van der Waals surface area contributed by atoms with Gasteiger partial charge in [-0.2, -0.15) is 0 Å². The average molecular weight is 521 g/mol. The zero-order valence-electron chi connectivity index (χ0n) is 23.5. The normalized spacial score (nSPS) is 60.5. The van der Waals surface area contributed by atoms with Crippen LogP contribution < -0.4 is 0 Å². The van der Waals surface area contributed by atoms with Gasteiger partial charge in [0.15, 0.2) is 5.79 Å². The summed E-state index contributed by atoms with van der Waals surface area (Å²) in [5, 5.41) is 34.5. The molecular weight excluding hydrogens is 472 g/mol. The number of fused-ring (bicyclic) bond motifs is 7. The summed E-state index contributed by atoms with van der Waals surface area (Å²) < 4.78 is 18.8. The Morgan fingerprint density at radius 3 is 2.46 bits per heavy atom. The van der Waals surface area contributed by atoms with Crippen LogP contribution in [-0.2, 0) is 19.0 Å². The summed E-state index contributed by atoms with van der Waals surface area (Å²) in [6, 6.07) is 0. The number of rotatable bonds is 2. The van der Waals surface area contributed by atoms with Crippen molar-refractivity contribution in [3.8, 4) is 0 Å². The number of carbonyl (C=O) groups excluding carboxylic acids is 1. The Labute approximate surface area is 221 Å². The summed E-state index contributed by atoms with van der Waals surface area (Å²) in [6.07, 6.45) is 6.21. The topological polar surface area (TPSA) is 105 Å². The van der Waals surface area contributed by atoms with Crippen LogP contribution in [0.25, 0.3) is 0 Å². The predicted molar refractivity (Wildman–Crippen MR) is 136 cm³/mol. The number of ether oxygens (including phenoxy) is 3. The van der Waals surface area contributed by atoms with Crippen molar-refractivity contribution >= 4 is 5.97 Å². The molecular formula is C30H48O7. The van der Waals surface area contributed by atoms with Gasteiger partial charge in [-0.3, -0.25) is 4.79 Å². The Morgan fingerprint density at radius 2 is 1.76 bits per heavy atom. The van der Waals surface area contributed by atoms with Crippen molar-refractivity contribution in [2.24, 2.45) is 46.3 Å². The molecule has 0 amide bonds. The van der Waals surface area contributed by atoms with Crippen LogP contribution in [0, 0.1) is 46.3 Å². The molecule has 2 heterocycles. The van der Waals surface area contributed by atoms with Gasteiger partial charge in [-0.15, -0.1) is 0 Å². The van der Waals surface area contributed by atoms with Crippen molar-refractivity contribution in [3.05, 3.63) is 0 Å². The molecule has 6 fully saturated rings. The molecule has 14 atom stereocenters. The van der Waals surface area contributed by atoms with Gasteiger partial charge in [0.2, 0.25) is 0 Å². The molecule has 3 N–H and O–H groups in total.